The lowest BCUT2D eigenvalue weighted by atomic mass is 9.94. The monoisotopic (exact) mass is 405 g/mol. The third kappa shape index (κ3) is 11.0. The zero-order valence-electron chi connectivity index (χ0n) is 17.9. The van der Waals surface area contributed by atoms with Gasteiger partial charge < -0.3 is 14.4 Å². The van der Waals surface area contributed by atoms with Gasteiger partial charge in [-0.2, -0.15) is 0 Å². The van der Waals surface area contributed by atoms with Crippen LogP contribution in [-0.2, 0) is 16.1 Å². The molecule has 0 saturated carbocycles. The van der Waals surface area contributed by atoms with Gasteiger partial charge in [-0.3, -0.25) is 0 Å². The molecule has 1 fully saturated rings. The number of aldehydes is 1. The maximum absolute atomic E-state index is 11.9. The molecular formula is C23H35NO3S. The van der Waals surface area contributed by atoms with E-state index in [1.807, 2.05) is 58.0 Å². The van der Waals surface area contributed by atoms with E-state index in [-0.39, 0.29) is 6.09 Å². The highest BCUT2D eigenvalue weighted by atomic mass is 32.2. The standard InChI is InChI=1S/C17H21NO2S.C4H8O.C2H6/c1-13(2)21-12-14(3)16-9-18(10-16)17(19)20-11-15-7-5-4-6-8-15;1-2-3-4-5;1-2/h4-8,12,16H,1,9-11H2,2-3H3;4H,2-3H2,1H3;1-2H3/b14-12+;;. The minimum atomic E-state index is -0.226. The van der Waals surface area contributed by atoms with E-state index in [4.69, 9.17) is 4.74 Å². The number of allylic oxidation sites excluding steroid dienone is 1. The average molecular weight is 406 g/mol. The normalized spacial score (nSPS) is 13.2. The van der Waals surface area contributed by atoms with Crippen LogP contribution in [-0.4, -0.2) is 30.4 Å². The van der Waals surface area contributed by atoms with Crippen molar-refractivity contribution < 1.29 is 14.3 Å². The van der Waals surface area contributed by atoms with Crippen molar-refractivity contribution in [2.75, 3.05) is 13.1 Å². The largest absolute Gasteiger partial charge is 0.445 e. The van der Waals surface area contributed by atoms with Crippen LogP contribution in [0.4, 0.5) is 4.79 Å². The van der Waals surface area contributed by atoms with Crippen LogP contribution in [0.2, 0.25) is 0 Å². The summed E-state index contributed by atoms with van der Waals surface area (Å²) >= 11 is 1.64. The van der Waals surface area contributed by atoms with Gasteiger partial charge in [-0.25, -0.2) is 4.79 Å². The Labute approximate surface area is 175 Å². The van der Waals surface area contributed by atoms with Gasteiger partial charge in [-0.15, -0.1) is 11.8 Å². The van der Waals surface area contributed by atoms with Crippen molar-refractivity contribution in [3.63, 3.8) is 0 Å². The SMILES string of the molecule is C=C(C)S/C=C(\C)C1CN(C(=O)OCc2ccccc2)C1.CC.CCCC=O. The molecule has 1 saturated heterocycles. The molecule has 5 heteroatoms. The minimum absolute atomic E-state index is 0.226. The summed E-state index contributed by atoms with van der Waals surface area (Å²) < 4.78 is 5.31. The first kappa shape index (κ1) is 26.0. The first-order chi connectivity index (χ1) is 13.5. The number of carbonyl (C=O) groups is 2. The Morgan fingerprint density at radius 1 is 1.25 bits per heavy atom. The van der Waals surface area contributed by atoms with Crippen LogP contribution in [0.1, 0.15) is 53.0 Å². The summed E-state index contributed by atoms with van der Waals surface area (Å²) in [5.41, 5.74) is 2.31. The van der Waals surface area contributed by atoms with Gasteiger partial charge in [0.15, 0.2) is 0 Å². The fourth-order valence-corrected chi connectivity index (χ4v) is 2.71. The number of amides is 1. The summed E-state index contributed by atoms with van der Waals surface area (Å²) in [6.07, 6.45) is 2.39. The molecule has 28 heavy (non-hydrogen) atoms. The summed E-state index contributed by atoms with van der Waals surface area (Å²) in [6, 6.07) is 9.73. The molecule has 0 unspecified atom stereocenters. The molecule has 0 atom stereocenters. The Morgan fingerprint density at radius 2 is 1.86 bits per heavy atom. The number of likely N-dealkylation sites (tertiary alicyclic amines) is 1. The second-order valence-corrected chi connectivity index (χ2v) is 7.45. The minimum Gasteiger partial charge on any atom is -0.445 e. The highest BCUT2D eigenvalue weighted by Gasteiger charge is 2.32. The summed E-state index contributed by atoms with van der Waals surface area (Å²) in [7, 11) is 0. The van der Waals surface area contributed by atoms with Crippen molar-refractivity contribution in [2.24, 2.45) is 5.92 Å². The summed E-state index contributed by atoms with van der Waals surface area (Å²) in [6.45, 7) is 15.8. The lowest BCUT2D eigenvalue weighted by Gasteiger charge is -2.38. The van der Waals surface area contributed by atoms with Crippen molar-refractivity contribution in [1.82, 2.24) is 4.90 Å². The predicted molar refractivity (Wildman–Crippen MR) is 120 cm³/mol. The molecule has 2 rings (SSSR count). The molecule has 1 amide bonds. The van der Waals surface area contributed by atoms with E-state index in [2.05, 4.69) is 18.9 Å². The van der Waals surface area contributed by atoms with Gasteiger partial charge >= 0.3 is 6.09 Å². The van der Waals surface area contributed by atoms with Crippen LogP contribution in [0.15, 0.2) is 52.8 Å². The fourth-order valence-electron chi connectivity index (χ4n) is 2.13. The zero-order chi connectivity index (χ0) is 21.4. The topological polar surface area (TPSA) is 46.6 Å². The van der Waals surface area contributed by atoms with Crippen molar-refractivity contribution in [3.05, 3.63) is 58.4 Å². The lowest BCUT2D eigenvalue weighted by Crippen LogP contribution is -2.50. The Balaban J connectivity index is 0.000000906. The summed E-state index contributed by atoms with van der Waals surface area (Å²) in [5, 5.41) is 2.12. The highest BCUT2D eigenvalue weighted by molar-refractivity contribution is 8.05. The summed E-state index contributed by atoms with van der Waals surface area (Å²) in [5.74, 6) is 0.445. The molecular weight excluding hydrogens is 370 g/mol. The summed E-state index contributed by atoms with van der Waals surface area (Å²) in [4.78, 5) is 24.1. The first-order valence-electron chi connectivity index (χ1n) is 9.86. The maximum Gasteiger partial charge on any atom is 0.410 e. The van der Waals surface area contributed by atoms with Crippen LogP contribution in [0.3, 0.4) is 0 Å². The molecule has 1 aliphatic heterocycles. The zero-order valence-corrected chi connectivity index (χ0v) is 18.8. The van der Waals surface area contributed by atoms with Gasteiger partial charge in [0.05, 0.1) is 0 Å². The molecule has 156 valence electrons. The Morgan fingerprint density at radius 3 is 2.32 bits per heavy atom. The number of nitrogens with zero attached hydrogens (tertiary/aromatic N) is 1. The third-order valence-electron chi connectivity index (χ3n) is 3.84. The number of unbranched alkanes of at least 4 members (excludes halogenated alkanes) is 1. The number of ether oxygens (including phenoxy) is 1. The Kier molecular flexibility index (Phi) is 14.8. The number of benzene rings is 1. The van der Waals surface area contributed by atoms with Crippen LogP contribution in [0, 0.1) is 5.92 Å². The smallest absolute Gasteiger partial charge is 0.410 e. The van der Waals surface area contributed by atoms with Crippen LogP contribution in [0.25, 0.3) is 0 Å². The molecule has 0 spiro atoms. The Bertz CT molecular complexity index is 608. The predicted octanol–water partition coefficient (Wildman–Crippen LogP) is 6.44. The molecule has 0 bridgehead atoms. The van der Waals surface area contributed by atoms with Crippen molar-refractivity contribution in [2.45, 2.75) is 54.1 Å². The average Bonchev–Trinajstić information content (AvgIpc) is 2.67. The van der Waals surface area contributed by atoms with Crippen LogP contribution < -0.4 is 0 Å². The number of rotatable bonds is 7. The van der Waals surface area contributed by atoms with Crippen molar-refractivity contribution >= 4 is 24.1 Å². The third-order valence-corrected chi connectivity index (χ3v) is 4.73. The van der Waals surface area contributed by atoms with Gasteiger partial charge in [0.1, 0.15) is 12.9 Å². The molecule has 1 aromatic carbocycles. The van der Waals surface area contributed by atoms with E-state index < -0.39 is 0 Å². The number of hydrogen-bond donors (Lipinski definition) is 0. The molecule has 1 aliphatic rings. The molecule has 0 aromatic heterocycles. The van der Waals surface area contributed by atoms with Gasteiger partial charge in [-0.1, -0.05) is 63.3 Å². The van der Waals surface area contributed by atoms with Crippen molar-refractivity contribution in [1.29, 1.82) is 0 Å². The van der Waals surface area contributed by atoms with Gasteiger partial charge in [-0.05, 0) is 36.1 Å². The quantitative estimate of drug-likeness (QED) is 0.490. The van der Waals surface area contributed by atoms with E-state index in [1.54, 1.807) is 16.7 Å². The van der Waals surface area contributed by atoms with Gasteiger partial charge in [0.2, 0.25) is 0 Å². The fraction of sp³-hybridized carbons (Fsp3) is 0.478. The van der Waals surface area contributed by atoms with Gasteiger partial charge in [0, 0.05) is 25.4 Å². The molecule has 0 radical (unpaired) electrons. The molecule has 4 nitrogen and oxygen atoms in total. The van der Waals surface area contributed by atoms with Crippen molar-refractivity contribution in [3.8, 4) is 0 Å². The number of carbonyl (C=O) groups excluding carboxylic acids is 2. The van der Waals surface area contributed by atoms with E-state index in [9.17, 15) is 9.59 Å². The number of thioether (sulfide) groups is 1. The Hall–Kier alpha value is -2.01. The second kappa shape index (κ2) is 16.0. The lowest BCUT2D eigenvalue weighted by molar-refractivity contribution is -0.107. The second-order valence-electron chi connectivity index (χ2n) is 6.28. The van der Waals surface area contributed by atoms with Crippen LogP contribution in [0.5, 0.6) is 0 Å². The van der Waals surface area contributed by atoms with E-state index >= 15 is 0 Å². The highest BCUT2D eigenvalue weighted by Crippen LogP contribution is 2.27. The van der Waals surface area contributed by atoms with Gasteiger partial charge in [0.25, 0.3) is 0 Å². The molecule has 1 heterocycles. The maximum atomic E-state index is 11.9. The first-order valence-corrected chi connectivity index (χ1v) is 10.7. The molecule has 0 N–H and O–H groups in total. The van der Waals surface area contributed by atoms with E-state index in [1.165, 1.54) is 5.57 Å². The van der Waals surface area contributed by atoms with E-state index in [0.29, 0.717) is 18.9 Å². The molecule has 0 aliphatic carbocycles. The van der Waals surface area contributed by atoms with E-state index in [0.717, 1.165) is 36.3 Å². The van der Waals surface area contributed by atoms with Crippen LogP contribution >= 0.6 is 11.8 Å². The molecule has 1 aromatic rings. The number of hydrogen-bond acceptors (Lipinski definition) is 4.